The number of likely N-dealkylation sites (tertiary alicyclic amines) is 1. The number of para-hydroxylation sites is 1. The Morgan fingerprint density at radius 1 is 0.925 bits per heavy atom. The zero-order chi connectivity index (χ0) is 27.7. The van der Waals surface area contributed by atoms with Gasteiger partial charge in [0, 0.05) is 70.7 Å². The summed E-state index contributed by atoms with van der Waals surface area (Å²) in [5.74, 6) is -0.00442. The van der Waals surface area contributed by atoms with Gasteiger partial charge < -0.3 is 10.2 Å². The molecule has 2 saturated heterocycles. The predicted octanol–water partition coefficient (Wildman–Crippen LogP) is 4.51. The molecular formula is C32H39F2N5O. The van der Waals surface area contributed by atoms with Gasteiger partial charge in [0.1, 0.15) is 11.6 Å². The lowest BCUT2D eigenvalue weighted by Crippen LogP contribution is -2.56. The fourth-order valence-corrected chi connectivity index (χ4v) is 6.20. The third kappa shape index (κ3) is 7.64. The minimum absolute atomic E-state index is 0.0470. The molecule has 6 nitrogen and oxygen atoms in total. The lowest BCUT2D eigenvalue weighted by atomic mass is 9.86. The molecule has 3 aromatic rings. The highest BCUT2D eigenvalue weighted by Crippen LogP contribution is 2.29. The number of piperazine rings is 1. The topological polar surface area (TPSA) is 51.7 Å². The Bertz CT molecular complexity index is 1230. The number of pyridine rings is 1. The number of piperidine rings is 1. The second-order valence-electron chi connectivity index (χ2n) is 10.9. The molecule has 2 aliphatic heterocycles. The first kappa shape index (κ1) is 28.2. The highest BCUT2D eigenvalue weighted by Gasteiger charge is 2.35. The molecule has 5 rings (SSSR count). The van der Waals surface area contributed by atoms with E-state index in [9.17, 15) is 13.6 Å². The van der Waals surface area contributed by atoms with Crippen LogP contribution in [0.25, 0.3) is 0 Å². The van der Waals surface area contributed by atoms with Gasteiger partial charge in [0.25, 0.3) is 0 Å². The van der Waals surface area contributed by atoms with Crippen molar-refractivity contribution < 1.29 is 13.6 Å². The summed E-state index contributed by atoms with van der Waals surface area (Å²) in [5.41, 5.74) is 2.82. The molecule has 0 bridgehead atoms. The van der Waals surface area contributed by atoms with E-state index in [1.165, 1.54) is 23.8 Å². The zero-order valence-electron chi connectivity index (χ0n) is 23.0. The third-order valence-electron chi connectivity index (χ3n) is 8.28. The lowest BCUT2D eigenvalue weighted by molar-refractivity contribution is -0.121. The van der Waals surface area contributed by atoms with Crippen molar-refractivity contribution in [3.05, 3.63) is 95.8 Å². The van der Waals surface area contributed by atoms with Crippen LogP contribution in [-0.2, 0) is 17.8 Å². The van der Waals surface area contributed by atoms with Crippen LogP contribution in [0.4, 0.5) is 14.5 Å². The number of nitrogens with one attached hydrogen (secondary N) is 1. The van der Waals surface area contributed by atoms with Crippen molar-refractivity contribution in [1.29, 1.82) is 0 Å². The van der Waals surface area contributed by atoms with E-state index < -0.39 is 0 Å². The second-order valence-corrected chi connectivity index (χ2v) is 10.9. The summed E-state index contributed by atoms with van der Waals surface area (Å²) in [6.07, 6.45) is 6.63. The Morgan fingerprint density at radius 2 is 1.73 bits per heavy atom. The number of hydrogen-bond donors (Lipinski definition) is 1. The number of rotatable bonds is 10. The Hall–Kier alpha value is -3.36. The first-order chi connectivity index (χ1) is 19.5. The van der Waals surface area contributed by atoms with Gasteiger partial charge >= 0.3 is 0 Å². The van der Waals surface area contributed by atoms with E-state index in [1.807, 2.05) is 30.6 Å². The van der Waals surface area contributed by atoms with E-state index in [0.717, 1.165) is 64.2 Å². The molecule has 8 heteroatoms. The number of amides is 1. The van der Waals surface area contributed by atoms with Crippen molar-refractivity contribution in [2.45, 2.75) is 38.3 Å². The molecule has 0 radical (unpaired) electrons. The number of hydrogen-bond acceptors (Lipinski definition) is 5. The number of halogens is 2. The van der Waals surface area contributed by atoms with Crippen molar-refractivity contribution in [1.82, 2.24) is 20.1 Å². The summed E-state index contributed by atoms with van der Waals surface area (Å²) in [4.78, 5) is 24.1. The summed E-state index contributed by atoms with van der Waals surface area (Å²) < 4.78 is 27.8. The van der Waals surface area contributed by atoms with E-state index in [1.54, 1.807) is 12.1 Å². The minimum Gasteiger partial charge on any atom is -0.367 e. The van der Waals surface area contributed by atoms with Crippen LogP contribution < -0.4 is 10.2 Å². The van der Waals surface area contributed by atoms with E-state index >= 15 is 0 Å². The highest BCUT2D eigenvalue weighted by atomic mass is 19.1. The zero-order valence-corrected chi connectivity index (χ0v) is 23.0. The molecule has 212 valence electrons. The number of aromatic nitrogens is 1. The van der Waals surface area contributed by atoms with Crippen molar-refractivity contribution >= 4 is 11.6 Å². The van der Waals surface area contributed by atoms with Gasteiger partial charge in [-0.25, -0.2) is 8.78 Å². The summed E-state index contributed by atoms with van der Waals surface area (Å²) in [6.45, 7) is 6.71. The largest absolute Gasteiger partial charge is 0.367 e. The van der Waals surface area contributed by atoms with Gasteiger partial charge in [0.05, 0.1) is 5.69 Å². The fraction of sp³-hybridized carbons (Fsp3) is 0.438. The van der Waals surface area contributed by atoms with Crippen LogP contribution in [0.1, 0.15) is 30.4 Å². The van der Waals surface area contributed by atoms with Crippen LogP contribution in [0.5, 0.6) is 0 Å². The van der Waals surface area contributed by atoms with Crippen LogP contribution in [0, 0.1) is 17.6 Å². The molecule has 1 aromatic heterocycles. The van der Waals surface area contributed by atoms with Crippen LogP contribution >= 0.6 is 0 Å². The van der Waals surface area contributed by atoms with E-state index in [0.29, 0.717) is 37.0 Å². The molecule has 0 spiro atoms. The SMILES string of the molecule is O=C(CC[C@@H]1CN(Cc2ccncc2)CC[C@@H]1N1CCN(c2ccccc2F)CC1)NCCc1cccc(F)c1. The molecule has 1 amide bonds. The van der Waals surface area contributed by atoms with Gasteiger partial charge in [-0.1, -0.05) is 24.3 Å². The predicted molar refractivity (Wildman–Crippen MR) is 154 cm³/mol. The summed E-state index contributed by atoms with van der Waals surface area (Å²) >= 11 is 0. The maximum atomic E-state index is 14.4. The van der Waals surface area contributed by atoms with Crippen LogP contribution in [0.3, 0.4) is 0 Å². The average molecular weight is 548 g/mol. The Kier molecular flexibility index (Phi) is 9.73. The lowest BCUT2D eigenvalue weighted by Gasteiger charge is -2.47. The number of benzene rings is 2. The van der Waals surface area contributed by atoms with Crippen molar-refractivity contribution in [2.75, 3.05) is 50.7 Å². The van der Waals surface area contributed by atoms with Crippen molar-refractivity contribution in [3.8, 4) is 0 Å². The molecule has 40 heavy (non-hydrogen) atoms. The second kappa shape index (κ2) is 13.8. The van der Waals surface area contributed by atoms with Gasteiger partial charge in [-0.2, -0.15) is 0 Å². The van der Waals surface area contributed by atoms with Crippen LogP contribution in [0.2, 0.25) is 0 Å². The van der Waals surface area contributed by atoms with Gasteiger partial charge in [-0.3, -0.25) is 19.6 Å². The number of anilines is 1. The fourth-order valence-electron chi connectivity index (χ4n) is 6.20. The minimum atomic E-state index is -0.252. The summed E-state index contributed by atoms with van der Waals surface area (Å²) in [5, 5.41) is 3.03. The molecule has 2 atom stereocenters. The van der Waals surface area contributed by atoms with Crippen LogP contribution in [0.15, 0.2) is 73.1 Å². The van der Waals surface area contributed by atoms with Gasteiger partial charge in [-0.05, 0) is 79.3 Å². The smallest absolute Gasteiger partial charge is 0.220 e. The maximum Gasteiger partial charge on any atom is 0.220 e. The highest BCUT2D eigenvalue weighted by molar-refractivity contribution is 5.75. The van der Waals surface area contributed by atoms with Gasteiger partial charge in [-0.15, -0.1) is 0 Å². The normalized spacial score (nSPS) is 20.4. The molecule has 0 unspecified atom stereocenters. The Balaban J connectivity index is 1.17. The average Bonchev–Trinajstić information content (AvgIpc) is 2.97. The molecule has 3 heterocycles. The first-order valence-corrected chi connectivity index (χ1v) is 14.4. The molecule has 2 aromatic carbocycles. The van der Waals surface area contributed by atoms with Crippen LogP contribution in [-0.4, -0.2) is 72.5 Å². The Morgan fingerprint density at radius 3 is 2.50 bits per heavy atom. The molecule has 1 N–H and O–H groups in total. The van der Waals surface area contributed by atoms with Crippen molar-refractivity contribution in [3.63, 3.8) is 0 Å². The monoisotopic (exact) mass is 547 g/mol. The molecule has 0 aliphatic carbocycles. The van der Waals surface area contributed by atoms with Gasteiger partial charge in [0.2, 0.25) is 5.91 Å². The van der Waals surface area contributed by atoms with Crippen molar-refractivity contribution in [2.24, 2.45) is 5.92 Å². The number of nitrogens with zero attached hydrogens (tertiary/aromatic N) is 4. The molecule has 0 saturated carbocycles. The summed E-state index contributed by atoms with van der Waals surface area (Å²) in [6, 6.07) is 18.1. The summed E-state index contributed by atoms with van der Waals surface area (Å²) in [7, 11) is 0. The molecular weight excluding hydrogens is 508 g/mol. The maximum absolute atomic E-state index is 14.4. The standard InChI is InChI=1S/C32H39F2N5O/c33-28-5-3-4-25(22-28)12-16-36-32(40)9-8-27-24-37(23-26-10-14-35-15-11-26)17-13-30(27)38-18-20-39(21-19-38)31-7-2-1-6-29(31)34/h1-7,10-11,14-15,22,27,30H,8-9,12-13,16-21,23-24H2,(H,36,40)/t27-,30+/m1/s1. The third-order valence-corrected chi connectivity index (χ3v) is 8.28. The van der Waals surface area contributed by atoms with E-state index in [2.05, 4.69) is 37.1 Å². The number of carbonyl (C=O) groups excluding carboxylic acids is 1. The van der Waals surface area contributed by atoms with E-state index in [4.69, 9.17) is 0 Å². The first-order valence-electron chi connectivity index (χ1n) is 14.4. The van der Waals surface area contributed by atoms with Gasteiger partial charge in [0.15, 0.2) is 0 Å². The molecule has 2 fully saturated rings. The Labute approximate surface area is 236 Å². The number of carbonyl (C=O) groups is 1. The quantitative estimate of drug-likeness (QED) is 0.405. The molecule has 2 aliphatic rings. The van der Waals surface area contributed by atoms with E-state index in [-0.39, 0.29) is 17.5 Å².